The van der Waals surface area contributed by atoms with Crippen LogP contribution < -0.4 is 5.32 Å². The van der Waals surface area contributed by atoms with Crippen molar-refractivity contribution < 1.29 is 18.7 Å². The SMILES string of the molecule is COC(=O)c1c(-c2ccc(F)cc2)csc1NC(=O)c1cccc(C)c1. The highest BCUT2D eigenvalue weighted by atomic mass is 32.1. The van der Waals surface area contributed by atoms with Crippen LogP contribution in [0.25, 0.3) is 11.1 Å². The van der Waals surface area contributed by atoms with Crippen LogP contribution in [0.2, 0.25) is 0 Å². The Labute approximate surface area is 154 Å². The summed E-state index contributed by atoms with van der Waals surface area (Å²) in [5.41, 5.74) is 2.96. The number of nitrogens with one attached hydrogen (secondary N) is 1. The summed E-state index contributed by atoms with van der Waals surface area (Å²) in [4.78, 5) is 24.8. The van der Waals surface area contributed by atoms with E-state index in [4.69, 9.17) is 4.74 Å². The van der Waals surface area contributed by atoms with E-state index in [-0.39, 0.29) is 17.3 Å². The standard InChI is InChI=1S/C20H16FNO3S/c1-12-4-3-5-14(10-12)18(23)22-19-17(20(24)25-2)16(11-26-19)13-6-8-15(21)9-7-13/h3-11H,1-2H3,(H,22,23). The highest BCUT2D eigenvalue weighted by Gasteiger charge is 2.22. The Hall–Kier alpha value is -2.99. The number of esters is 1. The average Bonchev–Trinajstić information content (AvgIpc) is 3.05. The van der Waals surface area contributed by atoms with Crippen LogP contribution in [-0.2, 0) is 4.74 Å². The summed E-state index contributed by atoms with van der Waals surface area (Å²) >= 11 is 1.22. The summed E-state index contributed by atoms with van der Waals surface area (Å²) in [6.07, 6.45) is 0. The third-order valence-electron chi connectivity index (χ3n) is 3.84. The molecule has 0 aliphatic rings. The third-order valence-corrected chi connectivity index (χ3v) is 4.74. The maximum atomic E-state index is 13.2. The van der Waals surface area contributed by atoms with Crippen molar-refractivity contribution in [3.8, 4) is 11.1 Å². The molecule has 4 nitrogen and oxygen atoms in total. The molecular weight excluding hydrogens is 353 g/mol. The molecule has 3 aromatic rings. The Bertz CT molecular complexity index is 963. The number of anilines is 1. The number of hydrogen-bond donors (Lipinski definition) is 1. The first-order valence-electron chi connectivity index (χ1n) is 7.83. The lowest BCUT2D eigenvalue weighted by Gasteiger charge is -2.08. The first-order valence-corrected chi connectivity index (χ1v) is 8.71. The van der Waals surface area contributed by atoms with Crippen LogP contribution in [0.5, 0.6) is 0 Å². The van der Waals surface area contributed by atoms with Crippen molar-refractivity contribution in [1.82, 2.24) is 0 Å². The van der Waals surface area contributed by atoms with E-state index < -0.39 is 5.97 Å². The lowest BCUT2D eigenvalue weighted by molar-refractivity contribution is 0.0603. The summed E-state index contributed by atoms with van der Waals surface area (Å²) in [6, 6.07) is 13.0. The molecule has 3 rings (SSSR count). The number of benzene rings is 2. The van der Waals surface area contributed by atoms with Crippen molar-refractivity contribution >= 4 is 28.2 Å². The van der Waals surface area contributed by atoms with E-state index in [0.29, 0.717) is 21.7 Å². The first-order chi connectivity index (χ1) is 12.5. The lowest BCUT2D eigenvalue weighted by atomic mass is 10.0. The number of thiophene rings is 1. The fourth-order valence-corrected chi connectivity index (χ4v) is 3.51. The van der Waals surface area contributed by atoms with Gasteiger partial charge in [0.1, 0.15) is 16.4 Å². The summed E-state index contributed by atoms with van der Waals surface area (Å²) in [6.45, 7) is 1.90. The minimum atomic E-state index is -0.565. The van der Waals surface area contributed by atoms with Gasteiger partial charge in [0.05, 0.1) is 7.11 Å². The molecule has 1 aromatic heterocycles. The third kappa shape index (κ3) is 3.65. The molecule has 0 spiro atoms. The molecule has 0 aliphatic heterocycles. The van der Waals surface area contributed by atoms with Gasteiger partial charge in [0, 0.05) is 16.5 Å². The van der Waals surface area contributed by atoms with Crippen molar-refractivity contribution in [2.75, 3.05) is 12.4 Å². The van der Waals surface area contributed by atoms with Crippen molar-refractivity contribution in [3.63, 3.8) is 0 Å². The number of ether oxygens (including phenoxy) is 1. The summed E-state index contributed by atoms with van der Waals surface area (Å²) in [5, 5.41) is 4.91. The van der Waals surface area contributed by atoms with Gasteiger partial charge in [-0.15, -0.1) is 11.3 Å². The van der Waals surface area contributed by atoms with Gasteiger partial charge in [0.15, 0.2) is 0 Å². The van der Waals surface area contributed by atoms with Crippen LogP contribution in [0.3, 0.4) is 0 Å². The van der Waals surface area contributed by atoms with Crippen LogP contribution in [0.15, 0.2) is 53.9 Å². The maximum Gasteiger partial charge on any atom is 0.341 e. The molecule has 0 aliphatic carbocycles. The molecule has 0 unspecified atom stereocenters. The van der Waals surface area contributed by atoms with E-state index in [2.05, 4.69) is 5.32 Å². The van der Waals surface area contributed by atoms with E-state index in [1.165, 1.54) is 30.6 Å². The smallest absolute Gasteiger partial charge is 0.341 e. The number of carbonyl (C=O) groups excluding carboxylic acids is 2. The zero-order chi connectivity index (χ0) is 18.7. The molecule has 26 heavy (non-hydrogen) atoms. The maximum absolute atomic E-state index is 13.2. The van der Waals surface area contributed by atoms with Gasteiger partial charge in [-0.2, -0.15) is 0 Å². The highest BCUT2D eigenvalue weighted by molar-refractivity contribution is 7.15. The topological polar surface area (TPSA) is 55.4 Å². The molecule has 0 radical (unpaired) electrons. The Balaban J connectivity index is 1.98. The number of carbonyl (C=O) groups is 2. The molecule has 2 aromatic carbocycles. The zero-order valence-corrected chi connectivity index (χ0v) is 15.0. The van der Waals surface area contributed by atoms with Gasteiger partial charge in [-0.1, -0.05) is 29.8 Å². The second-order valence-electron chi connectivity index (χ2n) is 5.68. The molecular formula is C20H16FNO3S. The minimum absolute atomic E-state index is 0.255. The fourth-order valence-electron chi connectivity index (χ4n) is 2.56. The van der Waals surface area contributed by atoms with E-state index in [0.717, 1.165) is 5.56 Å². The van der Waals surface area contributed by atoms with Crippen LogP contribution in [-0.4, -0.2) is 19.0 Å². The predicted molar refractivity (Wildman–Crippen MR) is 100 cm³/mol. The number of rotatable bonds is 4. The molecule has 6 heteroatoms. The Morgan fingerprint density at radius 1 is 1.12 bits per heavy atom. The normalized spacial score (nSPS) is 10.4. The zero-order valence-electron chi connectivity index (χ0n) is 14.2. The van der Waals surface area contributed by atoms with Crippen molar-refractivity contribution in [2.45, 2.75) is 6.92 Å². The van der Waals surface area contributed by atoms with E-state index in [1.807, 2.05) is 13.0 Å². The van der Waals surface area contributed by atoms with Gasteiger partial charge < -0.3 is 10.1 Å². The minimum Gasteiger partial charge on any atom is -0.465 e. The van der Waals surface area contributed by atoms with Gasteiger partial charge in [-0.25, -0.2) is 9.18 Å². The molecule has 1 amide bonds. The Morgan fingerprint density at radius 2 is 1.85 bits per heavy atom. The van der Waals surface area contributed by atoms with E-state index >= 15 is 0 Å². The average molecular weight is 369 g/mol. The summed E-state index contributed by atoms with van der Waals surface area (Å²) < 4.78 is 18.0. The number of methoxy groups -OCH3 is 1. The second-order valence-corrected chi connectivity index (χ2v) is 6.56. The van der Waals surface area contributed by atoms with Gasteiger partial charge in [0.25, 0.3) is 5.91 Å². The van der Waals surface area contributed by atoms with Gasteiger partial charge in [-0.3, -0.25) is 4.79 Å². The Kier molecular flexibility index (Phi) is 5.14. The fraction of sp³-hybridized carbons (Fsp3) is 0.100. The molecule has 0 atom stereocenters. The molecule has 0 saturated heterocycles. The number of halogens is 1. The molecule has 0 bridgehead atoms. The quantitative estimate of drug-likeness (QED) is 0.666. The van der Waals surface area contributed by atoms with Crippen molar-refractivity contribution in [3.05, 3.63) is 76.4 Å². The van der Waals surface area contributed by atoms with Crippen molar-refractivity contribution in [1.29, 1.82) is 0 Å². The second kappa shape index (κ2) is 7.49. The molecule has 1 heterocycles. The van der Waals surface area contributed by atoms with Crippen LogP contribution in [0.1, 0.15) is 26.3 Å². The van der Waals surface area contributed by atoms with Crippen LogP contribution >= 0.6 is 11.3 Å². The summed E-state index contributed by atoms with van der Waals surface area (Å²) in [5.74, 6) is -1.24. The lowest BCUT2D eigenvalue weighted by Crippen LogP contribution is -2.14. The highest BCUT2D eigenvalue weighted by Crippen LogP contribution is 2.36. The van der Waals surface area contributed by atoms with Crippen molar-refractivity contribution in [2.24, 2.45) is 0 Å². The van der Waals surface area contributed by atoms with Gasteiger partial charge in [-0.05, 0) is 36.8 Å². The van der Waals surface area contributed by atoms with E-state index in [1.54, 1.807) is 35.7 Å². The van der Waals surface area contributed by atoms with Gasteiger partial charge >= 0.3 is 5.97 Å². The molecule has 132 valence electrons. The predicted octanol–water partition coefficient (Wildman–Crippen LogP) is 4.90. The number of aryl methyl sites for hydroxylation is 1. The summed E-state index contributed by atoms with van der Waals surface area (Å²) in [7, 11) is 1.28. The first kappa shape index (κ1) is 17.8. The molecule has 0 saturated carbocycles. The monoisotopic (exact) mass is 369 g/mol. The van der Waals surface area contributed by atoms with E-state index in [9.17, 15) is 14.0 Å². The largest absolute Gasteiger partial charge is 0.465 e. The number of amides is 1. The molecule has 0 fully saturated rings. The van der Waals surface area contributed by atoms with Crippen LogP contribution in [0.4, 0.5) is 9.39 Å². The van der Waals surface area contributed by atoms with Crippen LogP contribution in [0, 0.1) is 12.7 Å². The molecule has 1 N–H and O–H groups in total. The number of hydrogen-bond acceptors (Lipinski definition) is 4. The Morgan fingerprint density at radius 3 is 2.50 bits per heavy atom. The van der Waals surface area contributed by atoms with Gasteiger partial charge in [0.2, 0.25) is 0 Å².